The summed E-state index contributed by atoms with van der Waals surface area (Å²) in [5, 5.41) is 3.48. The van der Waals surface area contributed by atoms with E-state index in [1.54, 1.807) is 69.1 Å². The van der Waals surface area contributed by atoms with E-state index in [1.807, 2.05) is 113 Å². The van der Waals surface area contributed by atoms with Crippen LogP contribution in [0.5, 0.6) is 0 Å². The Morgan fingerprint density at radius 2 is 0.864 bits per heavy atom. The van der Waals surface area contributed by atoms with Gasteiger partial charge in [-0.2, -0.15) is 0 Å². The number of nitrogens with zero attached hydrogens (tertiary/aromatic N) is 10. The van der Waals surface area contributed by atoms with Gasteiger partial charge in [-0.15, -0.1) is 56.7 Å². The molecule has 20 heteroatoms. The second-order valence-electron chi connectivity index (χ2n) is 23.2. The summed E-state index contributed by atoms with van der Waals surface area (Å²) in [4.78, 5) is 48.2. The van der Waals surface area contributed by atoms with Crippen LogP contribution in [0.1, 0.15) is 270 Å². The van der Waals surface area contributed by atoms with E-state index in [4.69, 9.17) is 22.1 Å². The molecule has 0 amide bonds. The van der Waals surface area contributed by atoms with Crippen molar-refractivity contribution in [2.24, 2.45) is 0 Å². The van der Waals surface area contributed by atoms with Crippen molar-refractivity contribution >= 4 is 56.7 Å². The maximum Gasteiger partial charge on any atom is 0.197 e. The zero-order chi connectivity index (χ0) is 67.3. The van der Waals surface area contributed by atoms with Crippen LogP contribution < -0.4 is 0 Å². The first-order chi connectivity index (χ1) is 40.9. The highest BCUT2D eigenvalue weighted by Gasteiger charge is 2.17. The highest BCUT2D eigenvalue weighted by Crippen LogP contribution is 2.27. The van der Waals surface area contributed by atoms with Crippen LogP contribution in [0.3, 0.4) is 0 Å². The molecule has 0 spiro atoms. The molecule has 0 saturated carbocycles. The molecule has 0 N–H and O–H groups in total. The number of aromatic nitrogens is 10. The van der Waals surface area contributed by atoms with Crippen molar-refractivity contribution in [3.05, 3.63) is 168 Å². The summed E-state index contributed by atoms with van der Waals surface area (Å²) >= 11 is 8.61. The molecule has 488 valence electrons. The predicted molar refractivity (Wildman–Crippen MR) is 372 cm³/mol. The lowest BCUT2D eigenvalue weighted by Crippen LogP contribution is -1.95. The molecule has 0 atom stereocenters. The van der Waals surface area contributed by atoms with Crippen LogP contribution >= 0.6 is 56.7 Å². The number of rotatable bonds is 7. The van der Waals surface area contributed by atoms with Gasteiger partial charge in [0.25, 0.3) is 0 Å². The summed E-state index contributed by atoms with van der Waals surface area (Å²) in [7, 11) is 0. The zero-order valence-corrected chi connectivity index (χ0v) is 63.1. The van der Waals surface area contributed by atoms with Crippen LogP contribution in [0.2, 0.25) is 0 Å². The van der Waals surface area contributed by atoms with E-state index in [9.17, 15) is 0 Å². The Balaban J connectivity index is 0.000000492. The monoisotopic (exact) mass is 1300 g/mol. The molecular formula is C68H106N10O5S5. The van der Waals surface area contributed by atoms with Crippen LogP contribution in [0.25, 0.3) is 0 Å². The Hall–Kier alpha value is -5.80. The van der Waals surface area contributed by atoms with Crippen LogP contribution in [0.4, 0.5) is 0 Å². The first-order valence-corrected chi connectivity index (χ1v) is 34.3. The molecule has 10 heterocycles. The van der Waals surface area contributed by atoms with E-state index < -0.39 is 0 Å². The molecule has 0 unspecified atom stereocenters. The second-order valence-corrected chi connectivity index (χ2v) is 29.6. The number of thiazole rings is 5. The molecule has 0 aromatic carbocycles. The lowest BCUT2D eigenvalue weighted by Gasteiger charge is -2.05. The number of aryl methyl sites for hydroxylation is 17. The highest BCUT2D eigenvalue weighted by molar-refractivity contribution is 7.12. The average Bonchev–Trinajstić information content (AvgIpc) is 4.47. The number of oxazole rings is 5. The van der Waals surface area contributed by atoms with Crippen molar-refractivity contribution in [1.29, 1.82) is 0 Å². The van der Waals surface area contributed by atoms with Gasteiger partial charge in [-0.05, 0) is 121 Å². The van der Waals surface area contributed by atoms with Gasteiger partial charge in [0.15, 0.2) is 29.5 Å². The van der Waals surface area contributed by atoms with Crippen molar-refractivity contribution < 1.29 is 22.1 Å². The van der Waals surface area contributed by atoms with E-state index >= 15 is 0 Å². The minimum Gasteiger partial charge on any atom is -0.449 e. The summed E-state index contributed by atoms with van der Waals surface area (Å²) in [6.07, 6.45) is 7.19. The maximum atomic E-state index is 5.53. The first kappa shape index (κ1) is 80.2. The van der Waals surface area contributed by atoms with Gasteiger partial charge in [0.05, 0.1) is 72.1 Å². The molecule has 0 fully saturated rings. The molecule has 10 aromatic heterocycles. The maximum absolute atomic E-state index is 5.53. The quantitative estimate of drug-likeness (QED) is 0.146. The molecule has 10 aromatic rings. The average molecular weight is 1300 g/mol. The van der Waals surface area contributed by atoms with Gasteiger partial charge in [-0.1, -0.05) is 96.9 Å². The van der Waals surface area contributed by atoms with E-state index in [0.717, 1.165) is 86.0 Å². The number of hydrogen-bond acceptors (Lipinski definition) is 20. The largest absolute Gasteiger partial charge is 0.449 e. The van der Waals surface area contributed by atoms with Gasteiger partial charge in [-0.3, -0.25) is 4.98 Å². The van der Waals surface area contributed by atoms with Gasteiger partial charge in [0.1, 0.15) is 29.3 Å². The Kier molecular flexibility index (Phi) is 37.2. The molecule has 15 nitrogen and oxygen atoms in total. The first-order valence-electron chi connectivity index (χ1n) is 30.1. The van der Waals surface area contributed by atoms with E-state index in [-0.39, 0.29) is 0 Å². The Morgan fingerprint density at radius 1 is 0.352 bits per heavy atom. The standard InChI is InChI=1S/2C10H17NO.C8H13NO.2C7H11NO.2C6H9NS.2C5H7NS.C4H5NS/c1-6(2)9-10(7(3)4)12-8(5)11-9;1-6(2)9-8(5)12-10(11-9)7(3)4;1-5(2)8-6(3)10-7(4)9-8;1-5(2)7-4-9-6(3)8-7;1-5(2)7-8-4-6(3)9-7;2*1-4-5(2)8-6(3)7-4;1-4-5(2)7-3-6-4;1-4-3-6-5(2)7-4;1-4-2-5-3-6-4/h2*6-7H,1-5H3;5H,1-4H3;2*4-5H,1-3H3;2*1-3H3;2*3H,1-2H3;2-3H,1H3. The molecule has 0 aliphatic heterocycles. The van der Waals surface area contributed by atoms with Crippen molar-refractivity contribution in [2.45, 2.75) is 256 Å². The SMILES string of the molecule is Cc1cnc(C(C)C)o1.Cc1cnc(C)s1.Cc1cncs1.Cc1nc(C(C)C)c(C(C)C)o1.Cc1nc(C(C)C)c(C)o1.Cc1nc(C(C)C)co1.Cc1nc(C)c(C)s1.Cc1nc(C)c(C)s1.Cc1ncsc1C.Cc1oc(C(C)C)nc1C(C)C. The summed E-state index contributed by atoms with van der Waals surface area (Å²) < 4.78 is 26.6. The van der Waals surface area contributed by atoms with E-state index in [1.165, 1.54) is 45.8 Å². The molecule has 88 heavy (non-hydrogen) atoms. The fourth-order valence-electron chi connectivity index (χ4n) is 7.24. The summed E-state index contributed by atoms with van der Waals surface area (Å²) in [6, 6.07) is 0. The third-order valence-corrected chi connectivity index (χ3v) is 16.5. The van der Waals surface area contributed by atoms with Crippen molar-refractivity contribution in [1.82, 2.24) is 49.8 Å². The third kappa shape index (κ3) is 31.6. The van der Waals surface area contributed by atoms with Crippen LogP contribution in [-0.2, 0) is 0 Å². The zero-order valence-electron chi connectivity index (χ0n) is 59.1. The van der Waals surface area contributed by atoms with E-state index in [0.29, 0.717) is 41.4 Å². The fraction of sp³-hybridized carbons (Fsp3) is 0.559. The van der Waals surface area contributed by atoms with Crippen molar-refractivity contribution in [2.75, 3.05) is 0 Å². The van der Waals surface area contributed by atoms with Crippen LogP contribution in [-0.4, -0.2) is 49.8 Å². The Bertz CT molecular complexity index is 3240. The molecule has 0 aliphatic rings. The summed E-state index contributed by atoms with van der Waals surface area (Å²) in [5.74, 6) is 10.9. The molecular weight excluding hydrogens is 1200 g/mol. The molecule has 0 bridgehead atoms. The summed E-state index contributed by atoms with van der Waals surface area (Å²) in [6.45, 7) is 63.6. The minimum atomic E-state index is 0.385. The smallest absolute Gasteiger partial charge is 0.197 e. The highest BCUT2D eigenvalue weighted by atomic mass is 32.1. The topological polar surface area (TPSA) is 195 Å². The van der Waals surface area contributed by atoms with Gasteiger partial charge in [-0.25, -0.2) is 44.9 Å². The van der Waals surface area contributed by atoms with Crippen LogP contribution in [0, 0.1) is 118 Å². The molecule has 0 aliphatic carbocycles. The van der Waals surface area contributed by atoms with Gasteiger partial charge < -0.3 is 22.1 Å². The molecule has 10 rings (SSSR count). The summed E-state index contributed by atoms with van der Waals surface area (Å²) in [5.41, 5.74) is 11.5. The normalized spacial score (nSPS) is 10.5. The van der Waals surface area contributed by atoms with Gasteiger partial charge >= 0.3 is 0 Å². The fourth-order valence-corrected chi connectivity index (χ4v) is 10.6. The molecule has 0 radical (unpaired) electrons. The van der Waals surface area contributed by atoms with Gasteiger partial charge in [0.2, 0.25) is 0 Å². The Labute approximate surface area is 548 Å². The number of hydrogen-bond donors (Lipinski definition) is 0. The van der Waals surface area contributed by atoms with E-state index in [2.05, 4.69) is 174 Å². The second kappa shape index (κ2) is 40.8. The third-order valence-electron chi connectivity index (χ3n) is 12.1. The lowest BCUT2D eigenvalue weighted by atomic mass is 10.0. The van der Waals surface area contributed by atoms with Crippen LogP contribution in [0.15, 0.2) is 58.0 Å². The molecule has 0 saturated heterocycles. The van der Waals surface area contributed by atoms with Crippen molar-refractivity contribution in [3.8, 4) is 0 Å². The lowest BCUT2D eigenvalue weighted by molar-refractivity contribution is 0.449. The predicted octanol–water partition coefficient (Wildman–Crippen LogP) is 22.2. The van der Waals surface area contributed by atoms with Crippen molar-refractivity contribution in [3.63, 3.8) is 0 Å². The Morgan fingerprint density at radius 3 is 1.06 bits per heavy atom. The van der Waals surface area contributed by atoms with Gasteiger partial charge in [0, 0.05) is 75.3 Å². The minimum absolute atomic E-state index is 0.385.